The Morgan fingerprint density at radius 3 is 2.40 bits per heavy atom. The van der Waals surface area contributed by atoms with Gasteiger partial charge >= 0.3 is 0 Å². The molecule has 0 atom stereocenters. The standard InChI is InChI=1S/C11H14O3S/c1-4-5-10-6-7-11(15(12,13)14)9(3)8(10)2/h4,6-7H,1,5H2,2-3H3,(H,12,13,14). The largest absolute Gasteiger partial charge is 0.294 e. The van der Waals surface area contributed by atoms with Crippen LogP contribution in [-0.4, -0.2) is 13.0 Å². The molecule has 1 aromatic rings. The average Bonchev–Trinajstić information content (AvgIpc) is 2.11. The molecule has 0 aliphatic rings. The molecule has 3 nitrogen and oxygen atoms in total. The molecular formula is C11H14O3S. The molecule has 0 saturated carbocycles. The van der Waals surface area contributed by atoms with E-state index in [1.165, 1.54) is 6.07 Å². The molecule has 0 heterocycles. The summed E-state index contributed by atoms with van der Waals surface area (Å²) in [5, 5.41) is 0. The van der Waals surface area contributed by atoms with Crippen LogP contribution in [0.25, 0.3) is 0 Å². The normalized spacial score (nSPS) is 11.4. The fourth-order valence-electron chi connectivity index (χ4n) is 1.51. The quantitative estimate of drug-likeness (QED) is 0.635. The van der Waals surface area contributed by atoms with E-state index in [0.717, 1.165) is 11.1 Å². The summed E-state index contributed by atoms with van der Waals surface area (Å²) in [6.07, 6.45) is 2.45. The summed E-state index contributed by atoms with van der Waals surface area (Å²) in [6.45, 7) is 7.15. The Bertz CT molecular complexity index is 487. The van der Waals surface area contributed by atoms with Gasteiger partial charge in [0.05, 0.1) is 4.90 Å². The molecule has 0 aliphatic carbocycles. The van der Waals surface area contributed by atoms with Gasteiger partial charge in [-0.05, 0) is 43.0 Å². The molecule has 0 aliphatic heterocycles. The summed E-state index contributed by atoms with van der Waals surface area (Å²) in [7, 11) is -4.11. The third-order valence-electron chi connectivity index (χ3n) is 2.49. The van der Waals surface area contributed by atoms with Crippen LogP contribution in [0, 0.1) is 13.8 Å². The first-order valence-electron chi connectivity index (χ1n) is 4.55. The molecule has 0 fully saturated rings. The van der Waals surface area contributed by atoms with Gasteiger partial charge in [0.2, 0.25) is 0 Å². The van der Waals surface area contributed by atoms with Gasteiger partial charge in [-0.25, -0.2) is 0 Å². The van der Waals surface area contributed by atoms with E-state index in [9.17, 15) is 8.42 Å². The monoisotopic (exact) mass is 226 g/mol. The van der Waals surface area contributed by atoms with Gasteiger partial charge in [0.1, 0.15) is 0 Å². The first-order chi connectivity index (χ1) is 6.88. The lowest BCUT2D eigenvalue weighted by atomic mass is 10.0. The van der Waals surface area contributed by atoms with Crippen molar-refractivity contribution in [1.82, 2.24) is 0 Å². The van der Waals surface area contributed by atoms with Crippen LogP contribution >= 0.6 is 0 Å². The second kappa shape index (κ2) is 4.16. The van der Waals surface area contributed by atoms with Crippen LogP contribution in [0.15, 0.2) is 29.7 Å². The van der Waals surface area contributed by atoms with Crippen LogP contribution in [0.1, 0.15) is 16.7 Å². The third-order valence-corrected chi connectivity index (χ3v) is 3.49. The van der Waals surface area contributed by atoms with Crippen LogP contribution in [0.2, 0.25) is 0 Å². The zero-order chi connectivity index (χ0) is 11.6. The summed E-state index contributed by atoms with van der Waals surface area (Å²) < 4.78 is 31.0. The highest BCUT2D eigenvalue weighted by atomic mass is 32.2. The number of allylic oxidation sites excluding steroid dienone is 1. The second-order valence-corrected chi connectivity index (χ2v) is 4.83. The fraction of sp³-hybridized carbons (Fsp3) is 0.273. The Morgan fingerprint density at radius 2 is 1.93 bits per heavy atom. The molecule has 4 heteroatoms. The van der Waals surface area contributed by atoms with Gasteiger partial charge in [0.15, 0.2) is 0 Å². The molecule has 0 aromatic heterocycles. The zero-order valence-corrected chi connectivity index (χ0v) is 9.63. The van der Waals surface area contributed by atoms with Crippen LogP contribution in [0.3, 0.4) is 0 Å². The Hall–Kier alpha value is -1.13. The molecule has 15 heavy (non-hydrogen) atoms. The van der Waals surface area contributed by atoms with Crippen LogP contribution in [0.4, 0.5) is 0 Å². The summed E-state index contributed by atoms with van der Waals surface area (Å²) in [6, 6.07) is 3.13. The molecular weight excluding hydrogens is 212 g/mol. The van der Waals surface area contributed by atoms with Crippen molar-refractivity contribution in [3.63, 3.8) is 0 Å². The predicted molar refractivity (Wildman–Crippen MR) is 59.6 cm³/mol. The number of rotatable bonds is 3. The van der Waals surface area contributed by atoms with E-state index in [-0.39, 0.29) is 4.90 Å². The number of hydrogen-bond acceptors (Lipinski definition) is 2. The SMILES string of the molecule is C=CCc1ccc(S(=O)(=O)O)c(C)c1C. The first-order valence-corrected chi connectivity index (χ1v) is 5.99. The molecule has 0 radical (unpaired) electrons. The molecule has 0 bridgehead atoms. The first kappa shape index (κ1) is 11.9. The minimum Gasteiger partial charge on any atom is -0.282 e. The Morgan fingerprint density at radius 1 is 1.33 bits per heavy atom. The van der Waals surface area contributed by atoms with Crippen LogP contribution < -0.4 is 0 Å². The second-order valence-electron chi connectivity index (χ2n) is 3.44. The smallest absolute Gasteiger partial charge is 0.282 e. The molecule has 0 amide bonds. The summed E-state index contributed by atoms with van der Waals surface area (Å²) in [5.41, 5.74) is 2.50. The summed E-state index contributed by atoms with van der Waals surface area (Å²) in [4.78, 5) is -0.0205. The summed E-state index contributed by atoms with van der Waals surface area (Å²) >= 11 is 0. The van der Waals surface area contributed by atoms with Gasteiger partial charge in [-0.3, -0.25) is 4.55 Å². The molecule has 82 valence electrons. The van der Waals surface area contributed by atoms with Crippen molar-refractivity contribution in [2.75, 3.05) is 0 Å². The minimum atomic E-state index is -4.11. The Labute approximate surface area is 90.2 Å². The third kappa shape index (κ3) is 2.46. The molecule has 1 rings (SSSR count). The lowest BCUT2D eigenvalue weighted by Crippen LogP contribution is -2.04. The van der Waals surface area contributed by atoms with Gasteiger partial charge in [-0.2, -0.15) is 8.42 Å². The van der Waals surface area contributed by atoms with Gasteiger partial charge in [-0.15, -0.1) is 6.58 Å². The van der Waals surface area contributed by atoms with Gasteiger partial charge in [0.25, 0.3) is 10.1 Å². The van der Waals surface area contributed by atoms with Crippen molar-refractivity contribution in [2.45, 2.75) is 25.2 Å². The van der Waals surface area contributed by atoms with Gasteiger partial charge in [-0.1, -0.05) is 12.1 Å². The van der Waals surface area contributed by atoms with E-state index in [4.69, 9.17) is 4.55 Å². The minimum absolute atomic E-state index is 0.0205. The average molecular weight is 226 g/mol. The van der Waals surface area contributed by atoms with Gasteiger partial charge in [0, 0.05) is 0 Å². The van der Waals surface area contributed by atoms with Crippen molar-refractivity contribution in [3.05, 3.63) is 41.5 Å². The van der Waals surface area contributed by atoms with E-state index in [1.807, 2.05) is 6.92 Å². The lowest BCUT2D eigenvalue weighted by Gasteiger charge is -2.10. The Balaban J connectivity index is 3.40. The highest BCUT2D eigenvalue weighted by molar-refractivity contribution is 7.85. The number of hydrogen-bond donors (Lipinski definition) is 1. The predicted octanol–water partition coefficient (Wildman–Crippen LogP) is 2.28. The van der Waals surface area contributed by atoms with E-state index in [1.54, 1.807) is 19.1 Å². The maximum absolute atomic E-state index is 11.0. The van der Waals surface area contributed by atoms with Crippen molar-refractivity contribution in [3.8, 4) is 0 Å². The van der Waals surface area contributed by atoms with E-state index < -0.39 is 10.1 Å². The van der Waals surface area contributed by atoms with E-state index in [0.29, 0.717) is 12.0 Å². The van der Waals surface area contributed by atoms with Gasteiger partial charge < -0.3 is 0 Å². The van der Waals surface area contributed by atoms with Crippen molar-refractivity contribution < 1.29 is 13.0 Å². The zero-order valence-electron chi connectivity index (χ0n) is 8.82. The summed E-state index contributed by atoms with van der Waals surface area (Å²) in [5.74, 6) is 0. The van der Waals surface area contributed by atoms with Crippen LogP contribution in [-0.2, 0) is 16.5 Å². The Kier molecular flexibility index (Phi) is 3.31. The maximum atomic E-state index is 11.0. The molecule has 0 saturated heterocycles. The van der Waals surface area contributed by atoms with Crippen LogP contribution in [0.5, 0.6) is 0 Å². The number of benzene rings is 1. The van der Waals surface area contributed by atoms with E-state index >= 15 is 0 Å². The maximum Gasteiger partial charge on any atom is 0.294 e. The lowest BCUT2D eigenvalue weighted by molar-refractivity contribution is 0.482. The highest BCUT2D eigenvalue weighted by Crippen LogP contribution is 2.22. The molecule has 1 aromatic carbocycles. The highest BCUT2D eigenvalue weighted by Gasteiger charge is 2.15. The topological polar surface area (TPSA) is 54.4 Å². The molecule has 1 N–H and O–H groups in total. The van der Waals surface area contributed by atoms with Crippen molar-refractivity contribution >= 4 is 10.1 Å². The fourth-order valence-corrected chi connectivity index (χ4v) is 2.29. The molecule has 0 unspecified atom stereocenters. The molecule has 0 spiro atoms. The van der Waals surface area contributed by atoms with Crippen molar-refractivity contribution in [2.24, 2.45) is 0 Å². The van der Waals surface area contributed by atoms with Crippen molar-refractivity contribution in [1.29, 1.82) is 0 Å². The van der Waals surface area contributed by atoms with E-state index in [2.05, 4.69) is 6.58 Å².